The SMILES string of the molecule is C=Cc1ccccc1.O=[S-](=O)[O-].[Na+].[Na+]. The number of hydrogen-bond acceptors (Lipinski definition) is 4. The topological polar surface area (TPSA) is 57.2 Å². The predicted molar refractivity (Wildman–Crippen MR) is 46.0 cm³/mol. The van der Waals surface area contributed by atoms with Crippen LogP contribution in [0.15, 0.2) is 36.9 Å². The zero-order chi connectivity index (χ0) is 9.40. The van der Waals surface area contributed by atoms with E-state index in [1.165, 1.54) is 5.56 Å². The molecular weight excluding hydrogens is 222 g/mol. The van der Waals surface area contributed by atoms with Crippen LogP contribution in [0.1, 0.15) is 5.56 Å². The fourth-order valence-electron chi connectivity index (χ4n) is 0.589. The van der Waals surface area contributed by atoms with E-state index in [0.717, 1.165) is 0 Å². The van der Waals surface area contributed by atoms with Crippen LogP contribution in [0.25, 0.3) is 6.08 Å². The van der Waals surface area contributed by atoms with E-state index >= 15 is 0 Å². The molecule has 0 heterocycles. The zero-order valence-corrected chi connectivity index (χ0v) is 13.1. The van der Waals surface area contributed by atoms with Gasteiger partial charge in [-0.3, -0.25) is 0 Å². The first-order valence-electron chi connectivity index (χ1n) is 3.11. The van der Waals surface area contributed by atoms with Crippen LogP contribution in [-0.2, 0) is 19.4 Å². The molecule has 0 aliphatic heterocycles. The molecule has 6 heteroatoms. The Labute approximate surface area is 130 Å². The van der Waals surface area contributed by atoms with Gasteiger partial charge in [0.1, 0.15) is 0 Å². The maximum absolute atomic E-state index is 8.44. The second kappa shape index (κ2) is 13.9. The Balaban J connectivity index is -0.000000180. The average molecular weight is 230 g/mol. The molecule has 0 aromatic heterocycles. The van der Waals surface area contributed by atoms with E-state index in [0.29, 0.717) is 0 Å². The van der Waals surface area contributed by atoms with Gasteiger partial charge >= 0.3 is 59.1 Å². The Kier molecular flexibility index (Phi) is 20.1. The molecule has 0 saturated heterocycles. The summed E-state index contributed by atoms with van der Waals surface area (Å²) in [5.41, 5.74) is 1.17. The van der Waals surface area contributed by atoms with E-state index in [1.807, 2.05) is 36.4 Å². The molecule has 3 nitrogen and oxygen atoms in total. The summed E-state index contributed by atoms with van der Waals surface area (Å²) in [6.45, 7) is 3.63. The van der Waals surface area contributed by atoms with E-state index < -0.39 is 11.0 Å². The Morgan fingerprint density at radius 2 is 1.50 bits per heavy atom. The van der Waals surface area contributed by atoms with E-state index in [9.17, 15) is 0 Å². The van der Waals surface area contributed by atoms with E-state index in [-0.39, 0.29) is 59.1 Å². The minimum atomic E-state index is -3.11. The summed E-state index contributed by atoms with van der Waals surface area (Å²) < 4.78 is 25.3. The Morgan fingerprint density at radius 1 is 1.14 bits per heavy atom. The van der Waals surface area contributed by atoms with Gasteiger partial charge in [0.2, 0.25) is 0 Å². The molecule has 0 fully saturated rings. The monoisotopic (exact) mass is 230 g/mol. The standard InChI is InChI=1S/C8H8.2Na.O3S/c1-2-8-6-4-3-5-7-8;;;1-4(2)3/h2-7H,1H2;;;/q;2*+1;-2. The summed E-state index contributed by atoms with van der Waals surface area (Å²) in [5.74, 6) is 0. The van der Waals surface area contributed by atoms with Crippen molar-refractivity contribution in [1.82, 2.24) is 0 Å². The first kappa shape index (κ1) is 20.3. The van der Waals surface area contributed by atoms with Crippen LogP contribution in [0.2, 0.25) is 0 Å². The van der Waals surface area contributed by atoms with Gasteiger partial charge in [0.15, 0.2) is 0 Å². The van der Waals surface area contributed by atoms with Crippen molar-refractivity contribution < 1.29 is 72.1 Å². The van der Waals surface area contributed by atoms with Crippen LogP contribution < -0.4 is 59.1 Å². The van der Waals surface area contributed by atoms with Crippen molar-refractivity contribution in [3.8, 4) is 0 Å². The largest absolute Gasteiger partial charge is 1.00 e. The van der Waals surface area contributed by atoms with Crippen LogP contribution in [0.5, 0.6) is 0 Å². The van der Waals surface area contributed by atoms with Crippen molar-refractivity contribution in [1.29, 1.82) is 0 Å². The van der Waals surface area contributed by atoms with Crippen molar-refractivity contribution in [2.24, 2.45) is 0 Å². The van der Waals surface area contributed by atoms with Crippen LogP contribution >= 0.6 is 0 Å². The second-order valence-corrected chi connectivity index (χ2v) is 2.23. The number of hydrogen-bond donors (Lipinski definition) is 0. The summed E-state index contributed by atoms with van der Waals surface area (Å²) in [6, 6.07) is 10.0. The van der Waals surface area contributed by atoms with Crippen molar-refractivity contribution in [2.45, 2.75) is 0 Å². The maximum atomic E-state index is 8.44. The van der Waals surface area contributed by atoms with Crippen molar-refractivity contribution in [3.05, 3.63) is 42.5 Å². The van der Waals surface area contributed by atoms with Gasteiger partial charge in [0.25, 0.3) is 0 Å². The van der Waals surface area contributed by atoms with Gasteiger partial charge in [0.05, 0.1) is 0 Å². The molecule has 1 rings (SSSR count). The Bertz CT molecular complexity index is 291. The third kappa shape index (κ3) is 15.3. The van der Waals surface area contributed by atoms with Crippen LogP contribution in [-0.4, -0.2) is 4.55 Å². The van der Waals surface area contributed by atoms with Gasteiger partial charge < -0.3 is 13.0 Å². The first-order valence-corrected chi connectivity index (χ1v) is 4.11. The number of benzene rings is 1. The molecule has 14 heavy (non-hydrogen) atoms. The van der Waals surface area contributed by atoms with Crippen molar-refractivity contribution in [2.75, 3.05) is 0 Å². The minimum Gasteiger partial charge on any atom is -0.917 e. The van der Waals surface area contributed by atoms with Gasteiger partial charge in [-0.25, -0.2) is 0 Å². The maximum Gasteiger partial charge on any atom is 1.00 e. The first-order chi connectivity index (χ1) is 5.66. The normalized spacial score (nSPS) is 7.29. The molecule has 0 aliphatic rings. The molecule has 0 atom stereocenters. The molecule has 0 radical (unpaired) electrons. The minimum absolute atomic E-state index is 0. The van der Waals surface area contributed by atoms with Crippen LogP contribution in [0.4, 0.5) is 0 Å². The van der Waals surface area contributed by atoms with E-state index in [1.54, 1.807) is 0 Å². The molecule has 0 unspecified atom stereocenters. The summed E-state index contributed by atoms with van der Waals surface area (Å²) in [4.78, 5) is 0. The van der Waals surface area contributed by atoms with Crippen molar-refractivity contribution >= 4 is 17.1 Å². The zero-order valence-electron chi connectivity index (χ0n) is 8.30. The van der Waals surface area contributed by atoms with Crippen LogP contribution in [0, 0.1) is 0 Å². The summed E-state index contributed by atoms with van der Waals surface area (Å²) in [6.07, 6.45) is 1.83. The average Bonchev–Trinajstić information content (AvgIpc) is 2.05. The van der Waals surface area contributed by atoms with Gasteiger partial charge in [-0.2, -0.15) is 11.0 Å². The molecule has 1 aromatic rings. The Hall–Kier alpha value is 0.870. The smallest absolute Gasteiger partial charge is 0.917 e. The van der Waals surface area contributed by atoms with Gasteiger partial charge in [-0.15, -0.1) is 0 Å². The second-order valence-electron chi connectivity index (χ2n) is 1.82. The van der Waals surface area contributed by atoms with Crippen molar-refractivity contribution in [3.63, 3.8) is 0 Å². The quantitative estimate of drug-likeness (QED) is 0.212. The third-order valence-electron chi connectivity index (χ3n) is 1.04. The third-order valence-corrected chi connectivity index (χ3v) is 1.04. The fourth-order valence-corrected chi connectivity index (χ4v) is 0.589. The fraction of sp³-hybridized carbons (Fsp3) is 0. The molecule has 1 aromatic carbocycles. The van der Waals surface area contributed by atoms with Gasteiger partial charge in [-0.1, -0.05) is 43.0 Å². The summed E-state index contributed by atoms with van der Waals surface area (Å²) >= 11 is 0. The molecule has 66 valence electrons. The van der Waals surface area contributed by atoms with Crippen LogP contribution in [0.3, 0.4) is 0 Å². The molecule has 0 aliphatic carbocycles. The molecular formula is C8H8Na2O3S. The van der Waals surface area contributed by atoms with E-state index in [4.69, 9.17) is 13.0 Å². The molecule has 0 bridgehead atoms. The summed E-state index contributed by atoms with van der Waals surface area (Å²) in [5, 5.41) is 0. The Morgan fingerprint density at radius 3 is 1.71 bits per heavy atom. The molecule has 0 N–H and O–H groups in total. The van der Waals surface area contributed by atoms with Gasteiger partial charge in [-0.05, 0) is 5.56 Å². The number of rotatable bonds is 1. The predicted octanol–water partition coefficient (Wildman–Crippen LogP) is -4.24. The molecule has 0 saturated carbocycles. The van der Waals surface area contributed by atoms with E-state index in [2.05, 4.69) is 6.58 Å². The molecule has 0 spiro atoms. The summed E-state index contributed by atoms with van der Waals surface area (Å²) in [7, 11) is -3.11. The van der Waals surface area contributed by atoms with Gasteiger partial charge in [0, 0.05) is 0 Å². The molecule has 0 amide bonds.